The van der Waals surface area contributed by atoms with Crippen molar-refractivity contribution in [1.82, 2.24) is 4.98 Å². The second-order valence-electron chi connectivity index (χ2n) is 5.89. The van der Waals surface area contributed by atoms with Crippen LogP contribution in [-0.2, 0) is 32.9 Å². The molecule has 1 aliphatic carbocycles. The van der Waals surface area contributed by atoms with Crippen LogP contribution in [0, 0.1) is 12.0 Å². The molecule has 1 aromatic carbocycles. The van der Waals surface area contributed by atoms with E-state index in [9.17, 15) is 0 Å². The molecule has 1 nitrogen and oxygen atoms in total. The Balaban J connectivity index is 0.00000161. The first-order valence-electron chi connectivity index (χ1n) is 7.80. The van der Waals surface area contributed by atoms with Gasteiger partial charge in [0.15, 0.2) is 0 Å². The fourth-order valence-electron chi connectivity index (χ4n) is 3.16. The third-order valence-corrected chi connectivity index (χ3v) is 4.23. The predicted octanol–water partition coefficient (Wildman–Crippen LogP) is 4.59. The number of rotatable bonds is 4. The molecule has 1 fully saturated rings. The predicted molar refractivity (Wildman–Crippen MR) is 82.6 cm³/mol. The first-order chi connectivity index (χ1) is 9.90. The summed E-state index contributed by atoms with van der Waals surface area (Å²) in [6.07, 6.45) is 9.06. The van der Waals surface area contributed by atoms with Gasteiger partial charge in [0, 0.05) is 31.5 Å². The zero-order valence-electron chi connectivity index (χ0n) is 12.3. The molecule has 0 N–H and O–H groups in total. The Morgan fingerprint density at radius 1 is 0.952 bits per heavy atom. The molecule has 2 heteroatoms. The molecule has 0 aliphatic heterocycles. The Kier molecular flexibility index (Phi) is 6.60. The molecule has 3 rings (SSSR count). The van der Waals surface area contributed by atoms with Gasteiger partial charge in [-0.2, -0.15) is 35.9 Å². The Hall–Kier alpha value is -0.981. The number of pyridine rings is 1. The van der Waals surface area contributed by atoms with Crippen LogP contribution in [0.5, 0.6) is 0 Å². The standard InChI is InChI=1S/C19H22N.Ir/c1-3-8-16(9-4-1)14-18-12-7-13-19(20-18)15-17-10-5-2-6-11-17;/h1,3-4,7-8,12-13,17H,2,5-6,10-11,14-15H2;/q-1;. The summed E-state index contributed by atoms with van der Waals surface area (Å²) >= 11 is 0. The molecule has 0 saturated heterocycles. The summed E-state index contributed by atoms with van der Waals surface area (Å²) in [4.78, 5) is 4.84. The van der Waals surface area contributed by atoms with E-state index in [1.807, 2.05) is 12.1 Å². The average Bonchev–Trinajstić information content (AvgIpc) is 2.50. The minimum Gasteiger partial charge on any atom is -0.258 e. The van der Waals surface area contributed by atoms with Crippen LogP contribution in [0.2, 0.25) is 0 Å². The first kappa shape index (κ1) is 16.4. The van der Waals surface area contributed by atoms with Crippen molar-refractivity contribution < 1.29 is 20.1 Å². The number of nitrogens with zero attached hydrogens (tertiary/aromatic N) is 1. The van der Waals surface area contributed by atoms with Gasteiger partial charge in [0.2, 0.25) is 0 Å². The number of hydrogen-bond donors (Lipinski definition) is 0. The zero-order chi connectivity index (χ0) is 13.6. The van der Waals surface area contributed by atoms with Crippen LogP contribution in [0.4, 0.5) is 0 Å². The van der Waals surface area contributed by atoms with E-state index in [-0.39, 0.29) is 20.1 Å². The van der Waals surface area contributed by atoms with Gasteiger partial charge in [-0.15, -0.1) is 0 Å². The van der Waals surface area contributed by atoms with Gasteiger partial charge in [-0.1, -0.05) is 38.2 Å². The van der Waals surface area contributed by atoms with Crippen molar-refractivity contribution >= 4 is 0 Å². The van der Waals surface area contributed by atoms with E-state index in [2.05, 4.69) is 36.4 Å². The quantitative estimate of drug-likeness (QED) is 0.613. The summed E-state index contributed by atoms with van der Waals surface area (Å²) < 4.78 is 0. The summed E-state index contributed by atoms with van der Waals surface area (Å²) in [5.41, 5.74) is 3.65. The molecule has 0 bridgehead atoms. The largest absolute Gasteiger partial charge is 0.258 e. The van der Waals surface area contributed by atoms with Crippen LogP contribution < -0.4 is 0 Å². The summed E-state index contributed by atoms with van der Waals surface area (Å²) in [7, 11) is 0. The molecule has 1 aromatic heterocycles. The van der Waals surface area contributed by atoms with Gasteiger partial charge in [-0.05, 0) is 30.9 Å². The monoisotopic (exact) mass is 457 g/mol. The smallest absolute Gasteiger partial charge is 0.0429 e. The van der Waals surface area contributed by atoms with Crippen LogP contribution in [0.3, 0.4) is 0 Å². The average molecular weight is 457 g/mol. The SMILES string of the molecule is [Ir].[c-]1ccccc1Cc1cccc(CC2CCCCC2)n1. The maximum Gasteiger partial charge on any atom is 0.0429 e. The van der Waals surface area contributed by atoms with Crippen LogP contribution >= 0.6 is 0 Å². The summed E-state index contributed by atoms with van der Waals surface area (Å²) in [5.74, 6) is 0.856. The number of benzene rings is 1. The van der Waals surface area contributed by atoms with Gasteiger partial charge in [0.25, 0.3) is 0 Å². The van der Waals surface area contributed by atoms with Gasteiger partial charge in [0.1, 0.15) is 0 Å². The van der Waals surface area contributed by atoms with E-state index in [4.69, 9.17) is 4.98 Å². The van der Waals surface area contributed by atoms with E-state index < -0.39 is 0 Å². The molecular formula is C19H22IrN-. The Morgan fingerprint density at radius 2 is 1.76 bits per heavy atom. The summed E-state index contributed by atoms with van der Waals surface area (Å²) in [5, 5.41) is 0. The summed E-state index contributed by atoms with van der Waals surface area (Å²) in [6.45, 7) is 0. The first-order valence-corrected chi connectivity index (χ1v) is 7.80. The van der Waals surface area contributed by atoms with Crippen LogP contribution in [-0.4, -0.2) is 4.98 Å². The molecule has 1 heterocycles. The molecule has 0 unspecified atom stereocenters. The minimum absolute atomic E-state index is 0. The van der Waals surface area contributed by atoms with E-state index in [1.165, 1.54) is 49.1 Å². The van der Waals surface area contributed by atoms with Gasteiger partial charge in [-0.25, -0.2) is 0 Å². The molecule has 2 aromatic rings. The van der Waals surface area contributed by atoms with Crippen molar-refractivity contribution in [3.05, 3.63) is 65.5 Å². The number of aromatic nitrogens is 1. The minimum atomic E-state index is 0. The topological polar surface area (TPSA) is 12.9 Å². The summed E-state index contributed by atoms with van der Waals surface area (Å²) in [6, 6.07) is 17.9. The number of hydrogen-bond acceptors (Lipinski definition) is 1. The molecular weight excluding hydrogens is 434 g/mol. The van der Waals surface area contributed by atoms with Crippen molar-refractivity contribution in [2.24, 2.45) is 5.92 Å². The van der Waals surface area contributed by atoms with E-state index in [0.29, 0.717) is 0 Å². The fraction of sp³-hybridized carbons (Fsp3) is 0.421. The molecule has 113 valence electrons. The van der Waals surface area contributed by atoms with Gasteiger partial charge < -0.3 is 0 Å². The molecule has 1 aliphatic rings. The van der Waals surface area contributed by atoms with Gasteiger partial charge in [-0.3, -0.25) is 4.98 Å². The molecule has 1 radical (unpaired) electrons. The van der Waals surface area contributed by atoms with E-state index in [1.54, 1.807) is 0 Å². The molecule has 0 spiro atoms. The maximum absolute atomic E-state index is 4.84. The maximum atomic E-state index is 4.84. The second-order valence-corrected chi connectivity index (χ2v) is 5.89. The Morgan fingerprint density at radius 3 is 2.52 bits per heavy atom. The zero-order valence-corrected chi connectivity index (χ0v) is 14.7. The molecule has 0 atom stereocenters. The van der Waals surface area contributed by atoms with Crippen LogP contribution in [0.1, 0.15) is 49.1 Å². The van der Waals surface area contributed by atoms with E-state index in [0.717, 1.165) is 18.8 Å². The third kappa shape index (κ3) is 5.05. The molecule has 21 heavy (non-hydrogen) atoms. The van der Waals surface area contributed by atoms with Crippen molar-refractivity contribution in [3.63, 3.8) is 0 Å². The fourth-order valence-corrected chi connectivity index (χ4v) is 3.16. The third-order valence-electron chi connectivity index (χ3n) is 4.23. The molecule has 1 saturated carbocycles. The Labute approximate surface area is 141 Å². The van der Waals surface area contributed by atoms with Crippen LogP contribution in [0.15, 0.2) is 42.5 Å². The van der Waals surface area contributed by atoms with Crippen molar-refractivity contribution in [2.75, 3.05) is 0 Å². The van der Waals surface area contributed by atoms with Crippen molar-refractivity contribution in [2.45, 2.75) is 44.9 Å². The second kappa shape index (κ2) is 8.46. The van der Waals surface area contributed by atoms with Crippen molar-refractivity contribution in [1.29, 1.82) is 0 Å². The van der Waals surface area contributed by atoms with Crippen molar-refractivity contribution in [3.8, 4) is 0 Å². The molecule has 0 amide bonds. The van der Waals surface area contributed by atoms with Gasteiger partial charge in [0.05, 0.1) is 0 Å². The van der Waals surface area contributed by atoms with E-state index >= 15 is 0 Å². The van der Waals surface area contributed by atoms with Crippen LogP contribution in [0.25, 0.3) is 0 Å². The van der Waals surface area contributed by atoms with Gasteiger partial charge >= 0.3 is 0 Å². The Bertz CT molecular complexity index is 532. The normalized spacial score (nSPS) is 15.4.